The zero-order valence-electron chi connectivity index (χ0n) is 12.9. The summed E-state index contributed by atoms with van der Waals surface area (Å²) in [7, 11) is 0. The highest BCUT2D eigenvalue weighted by Crippen LogP contribution is 2.10. The van der Waals surface area contributed by atoms with Crippen molar-refractivity contribution in [3.8, 4) is 0 Å². The fourth-order valence-electron chi connectivity index (χ4n) is 2.03. The molecule has 0 aromatic carbocycles. The Labute approximate surface area is 121 Å². The maximum absolute atomic E-state index is 11.8. The topological polar surface area (TPSA) is 79.8 Å². The van der Waals surface area contributed by atoms with Crippen LogP contribution in [0.1, 0.15) is 34.1 Å². The van der Waals surface area contributed by atoms with Gasteiger partial charge >= 0.3 is 6.09 Å². The molecule has 1 fully saturated rings. The van der Waals surface area contributed by atoms with E-state index >= 15 is 0 Å². The van der Waals surface area contributed by atoms with Crippen molar-refractivity contribution in [3.05, 3.63) is 0 Å². The van der Waals surface area contributed by atoms with Crippen LogP contribution in [-0.2, 0) is 9.47 Å². The molecule has 6 heteroatoms. The number of carbonyl (C=O) groups excluding carboxylic acids is 1. The van der Waals surface area contributed by atoms with Gasteiger partial charge in [-0.2, -0.15) is 0 Å². The van der Waals surface area contributed by atoms with Gasteiger partial charge in [0, 0.05) is 6.61 Å². The average molecular weight is 288 g/mol. The van der Waals surface area contributed by atoms with E-state index in [-0.39, 0.29) is 18.7 Å². The van der Waals surface area contributed by atoms with Gasteiger partial charge in [-0.25, -0.2) is 4.79 Å². The van der Waals surface area contributed by atoms with Crippen LogP contribution in [-0.4, -0.2) is 55.2 Å². The van der Waals surface area contributed by atoms with E-state index in [0.717, 1.165) is 13.0 Å². The van der Waals surface area contributed by atoms with Crippen LogP contribution in [0.15, 0.2) is 0 Å². The molecular formula is C14H28N2O4. The van der Waals surface area contributed by atoms with Crippen molar-refractivity contribution in [3.63, 3.8) is 0 Å². The molecule has 118 valence electrons. The molecule has 20 heavy (non-hydrogen) atoms. The molecule has 0 saturated carbocycles. The predicted molar refractivity (Wildman–Crippen MR) is 76.6 cm³/mol. The Morgan fingerprint density at radius 3 is 2.65 bits per heavy atom. The highest BCUT2D eigenvalue weighted by atomic mass is 16.6. The number of amides is 1. The Bertz CT molecular complexity index is 304. The van der Waals surface area contributed by atoms with Gasteiger partial charge in [-0.15, -0.1) is 0 Å². The van der Waals surface area contributed by atoms with E-state index in [4.69, 9.17) is 14.6 Å². The lowest BCUT2D eigenvalue weighted by Gasteiger charge is -2.25. The Morgan fingerprint density at radius 2 is 2.05 bits per heavy atom. The predicted octanol–water partition coefficient (Wildman–Crippen LogP) is 0.887. The summed E-state index contributed by atoms with van der Waals surface area (Å²) in [4.78, 5) is 11.8. The normalized spacial score (nSPS) is 24.4. The van der Waals surface area contributed by atoms with E-state index in [9.17, 15) is 4.79 Å². The standard InChI is InChI=1S/C14H28N2O4/c1-10(5-6-17)7-15-11-8-19-9-12(11)16-13(18)20-14(2,3)4/h10-12,15,17H,5-9H2,1-4H3,(H,16,18). The zero-order valence-corrected chi connectivity index (χ0v) is 12.9. The number of hydrogen-bond acceptors (Lipinski definition) is 5. The summed E-state index contributed by atoms with van der Waals surface area (Å²) in [6.45, 7) is 9.65. The Balaban J connectivity index is 2.35. The molecule has 1 aliphatic rings. The van der Waals surface area contributed by atoms with Crippen LogP contribution in [0, 0.1) is 5.92 Å². The van der Waals surface area contributed by atoms with Crippen molar-refractivity contribution in [1.82, 2.24) is 10.6 Å². The largest absolute Gasteiger partial charge is 0.444 e. The van der Waals surface area contributed by atoms with Crippen molar-refractivity contribution in [1.29, 1.82) is 0 Å². The molecule has 0 aromatic rings. The van der Waals surface area contributed by atoms with Crippen LogP contribution in [0.2, 0.25) is 0 Å². The lowest BCUT2D eigenvalue weighted by molar-refractivity contribution is 0.0494. The lowest BCUT2D eigenvalue weighted by atomic mass is 10.1. The molecule has 6 nitrogen and oxygen atoms in total. The van der Waals surface area contributed by atoms with Crippen LogP contribution in [0.3, 0.4) is 0 Å². The molecule has 0 radical (unpaired) electrons. The molecule has 3 atom stereocenters. The van der Waals surface area contributed by atoms with Crippen LogP contribution in [0.25, 0.3) is 0 Å². The molecule has 0 aliphatic carbocycles. The summed E-state index contributed by atoms with van der Waals surface area (Å²) in [6.07, 6.45) is 0.355. The number of nitrogens with one attached hydrogen (secondary N) is 2. The molecule has 0 bridgehead atoms. The quantitative estimate of drug-likeness (QED) is 0.676. The summed E-state index contributed by atoms with van der Waals surface area (Å²) in [5.41, 5.74) is -0.498. The summed E-state index contributed by atoms with van der Waals surface area (Å²) in [5, 5.41) is 15.1. The van der Waals surface area contributed by atoms with Crippen molar-refractivity contribution >= 4 is 6.09 Å². The number of rotatable bonds is 6. The van der Waals surface area contributed by atoms with Crippen molar-refractivity contribution < 1.29 is 19.4 Å². The van der Waals surface area contributed by atoms with Gasteiger partial charge in [-0.05, 0) is 39.7 Å². The second kappa shape index (κ2) is 7.81. The molecule has 1 aliphatic heterocycles. The molecule has 3 unspecified atom stereocenters. The van der Waals surface area contributed by atoms with Gasteiger partial charge in [0.05, 0.1) is 25.3 Å². The van der Waals surface area contributed by atoms with Gasteiger partial charge in [-0.1, -0.05) is 6.92 Å². The Kier molecular flexibility index (Phi) is 6.71. The molecule has 1 heterocycles. The average Bonchev–Trinajstić information content (AvgIpc) is 2.71. The Morgan fingerprint density at radius 1 is 1.40 bits per heavy atom. The van der Waals surface area contributed by atoms with Crippen molar-refractivity contribution in [2.24, 2.45) is 5.92 Å². The van der Waals surface area contributed by atoms with Crippen LogP contribution < -0.4 is 10.6 Å². The monoisotopic (exact) mass is 288 g/mol. The number of aliphatic hydroxyl groups excluding tert-OH is 1. The van der Waals surface area contributed by atoms with E-state index in [0.29, 0.717) is 19.1 Å². The summed E-state index contributed by atoms with van der Waals surface area (Å²) >= 11 is 0. The third kappa shape index (κ3) is 6.54. The summed E-state index contributed by atoms with van der Waals surface area (Å²) in [6, 6.07) is 0.00911. The third-order valence-electron chi connectivity index (χ3n) is 3.13. The molecule has 0 spiro atoms. The van der Waals surface area contributed by atoms with Crippen LogP contribution >= 0.6 is 0 Å². The first kappa shape index (κ1) is 17.2. The second-order valence-electron chi connectivity index (χ2n) is 6.42. The molecular weight excluding hydrogens is 260 g/mol. The van der Waals surface area contributed by atoms with Gasteiger partial charge in [0.2, 0.25) is 0 Å². The van der Waals surface area contributed by atoms with Gasteiger partial charge in [0.15, 0.2) is 0 Å². The van der Waals surface area contributed by atoms with E-state index in [1.807, 2.05) is 20.8 Å². The number of hydrogen-bond donors (Lipinski definition) is 3. The van der Waals surface area contributed by atoms with E-state index in [2.05, 4.69) is 17.6 Å². The highest BCUT2D eigenvalue weighted by Gasteiger charge is 2.30. The summed E-state index contributed by atoms with van der Waals surface area (Å²) in [5.74, 6) is 0.391. The summed E-state index contributed by atoms with van der Waals surface area (Å²) < 4.78 is 10.7. The minimum atomic E-state index is -0.498. The van der Waals surface area contributed by atoms with E-state index < -0.39 is 11.7 Å². The first-order valence-electron chi connectivity index (χ1n) is 7.23. The highest BCUT2D eigenvalue weighted by molar-refractivity contribution is 5.68. The first-order chi connectivity index (χ1) is 9.31. The molecule has 1 saturated heterocycles. The van der Waals surface area contributed by atoms with Crippen molar-refractivity contribution in [2.45, 2.75) is 51.8 Å². The van der Waals surface area contributed by atoms with E-state index in [1.165, 1.54) is 0 Å². The van der Waals surface area contributed by atoms with Gasteiger partial charge in [-0.3, -0.25) is 0 Å². The van der Waals surface area contributed by atoms with Gasteiger partial charge in [0.1, 0.15) is 5.60 Å². The number of carbonyl (C=O) groups is 1. The molecule has 1 amide bonds. The smallest absolute Gasteiger partial charge is 0.408 e. The van der Waals surface area contributed by atoms with Crippen molar-refractivity contribution in [2.75, 3.05) is 26.4 Å². The second-order valence-corrected chi connectivity index (χ2v) is 6.42. The fraction of sp³-hybridized carbons (Fsp3) is 0.929. The maximum Gasteiger partial charge on any atom is 0.408 e. The first-order valence-corrected chi connectivity index (χ1v) is 7.23. The maximum atomic E-state index is 11.8. The van der Waals surface area contributed by atoms with Crippen LogP contribution in [0.5, 0.6) is 0 Å². The van der Waals surface area contributed by atoms with Gasteiger partial charge in [0.25, 0.3) is 0 Å². The molecule has 0 aromatic heterocycles. The lowest BCUT2D eigenvalue weighted by Crippen LogP contribution is -2.51. The SMILES string of the molecule is CC(CCO)CNC1COCC1NC(=O)OC(C)(C)C. The fourth-order valence-corrected chi connectivity index (χ4v) is 2.03. The minimum absolute atomic E-state index is 0.0776. The third-order valence-corrected chi connectivity index (χ3v) is 3.13. The molecule has 3 N–H and O–H groups in total. The number of ether oxygens (including phenoxy) is 2. The zero-order chi connectivity index (χ0) is 15.2. The Hall–Kier alpha value is -0.850. The van der Waals surface area contributed by atoms with Crippen LogP contribution in [0.4, 0.5) is 4.79 Å². The number of aliphatic hydroxyl groups is 1. The molecule has 1 rings (SSSR count). The number of alkyl carbamates (subject to hydrolysis) is 1. The van der Waals surface area contributed by atoms with Gasteiger partial charge < -0.3 is 25.2 Å². The minimum Gasteiger partial charge on any atom is -0.444 e. The van der Waals surface area contributed by atoms with E-state index in [1.54, 1.807) is 0 Å².